The van der Waals surface area contributed by atoms with Crippen LogP contribution in [0.2, 0.25) is 5.02 Å². The molecule has 0 aliphatic heterocycles. The van der Waals surface area contributed by atoms with Crippen molar-refractivity contribution in [2.24, 2.45) is 0 Å². The number of fused-ring (bicyclic) bond motifs is 1. The van der Waals surface area contributed by atoms with Gasteiger partial charge in [-0.15, -0.1) is 0 Å². The number of aliphatic hydroxyl groups is 1. The summed E-state index contributed by atoms with van der Waals surface area (Å²) in [6, 6.07) is 14.9. The average molecular weight is 305 g/mol. The number of benzene rings is 3. The van der Waals surface area contributed by atoms with Crippen LogP contribution in [-0.4, -0.2) is 5.11 Å². The highest BCUT2D eigenvalue weighted by atomic mass is 35.5. The zero-order valence-electron chi connectivity index (χ0n) is 10.9. The van der Waals surface area contributed by atoms with Gasteiger partial charge in [0.15, 0.2) is 11.6 Å². The lowest BCUT2D eigenvalue weighted by molar-refractivity contribution is 0.220. The summed E-state index contributed by atoms with van der Waals surface area (Å²) in [6.07, 6.45) is -1.11. The quantitative estimate of drug-likeness (QED) is 0.671. The highest BCUT2D eigenvalue weighted by molar-refractivity contribution is 6.31. The monoisotopic (exact) mass is 304 g/mol. The first-order valence-electron chi connectivity index (χ1n) is 6.37. The molecule has 1 nitrogen and oxygen atoms in total. The van der Waals surface area contributed by atoms with E-state index in [1.165, 1.54) is 0 Å². The van der Waals surface area contributed by atoms with Crippen molar-refractivity contribution < 1.29 is 13.9 Å². The molecule has 21 heavy (non-hydrogen) atoms. The van der Waals surface area contributed by atoms with Crippen LogP contribution in [0.1, 0.15) is 17.2 Å². The van der Waals surface area contributed by atoms with E-state index in [1.807, 2.05) is 30.3 Å². The van der Waals surface area contributed by atoms with E-state index in [4.69, 9.17) is 11.6 Å². The summed E-state index contributed by atoms with van der Waals surface area (Å²) in [6.45, 7) is 0. The van der Waals surface area contributed by atoms with Gasteiger partial charge in [0, 0.05) is 10.6 Å². The van der Waals surface area contributed by atoms with Crippen molar-refractivity contribution in [3.63, 3.8) is 0 Å². The summed E-state index contributed by atoms with van der Waals surface area (Å²) in [5, 5.41) is 12.4. The number of hydrogen-bond donors (Lipinski definition) is 1. The Balaban J connectivity index is 2.07. The van der Waals surface area contributed by atoms with Crippen molar-refractivity contribution in [1.82, 2.24) is 0 Å². The molecule has 0 heterocycles. The number of hydrogen-bond acceptors (Lipinski definition) is 1. The van der Waals surface area contributed by atoms with E-state index in [-0.39, 0.29) is 10.6 Å². The van der Waals surface area contributed by atoms with Crippen LogP contribution in [0, 0.1) is 11.6 Å². The Morgan fingerprint density at radius 3 is 2.29 bits per heavy atom. The van der Waals surface area contributed by atoms with Crippen molar-refractivity contribution in [2.75, 3.05) is 0 Å². The van der Waals surface area contributed by atoms with E-state index in [0.717, 1.165) is 22.9 Å². The zero-order valence-corrected chi connectivity index (χ0v) is 11.6. The summed E-state index contributed by atoms with van der Waals surface area (Å²) in [5.41, 5.74) is 0.715. The van der Waals surface area contributed by atoms with Crippen molar-refractivity contribution in [3.05, 3.63) is 82.4 Å². The maximum Gasteiger partial charge on any atom is 0.160 e. The largest absolute Gasteiger partial charge is 0.384 e. The van der Waals surface area contributed by atoms with Gasteiger partial charge >= 0.3 is 0 Å². The second-order valence-corrected chi connectivity index (χ2v) is 5.20. The standard InChI is InChI=1S/C17H11ClF2O/c18-14-9-16(20)15(19)8-13(14)17(21)12-6-5-10-3-1-2-4-11(10)7-12/h1-9,17,21H. The molecule has 4 heteroatoms. The molecule has 3 rings (SSSR count). The normalized spacial score (nSPS) is 12.6. The van der Waals surface area contributed by atoms with Crippen molar-refractivity contribution in [1.29, 1.82) is 0 Å². The first-order valence-corrected chi connectivity index (χ1v) is 6.75. The summed E-state index contributed by atoms with van der Waals surface area (Å²) in [7, 11) is 0. The zero-order chi connectivity index (χ0) is 15.0. The van der Waals surface area contributed by atoms with Crippen LogP contribution in [0.5, 0.6) is 0 Å². The molecule has 1 unspecified atom stereocenters. The Kier molecular flexibility index (Phi) is 3.62. The number of rotatable bonds is 2. The van der Waals surface area contributed by atoms with Gasteiger partial charge in [-0.3, -0.25) is 0 Å². The molecular formula is C17H11ClF2O. The third kappa shape index (κ3) is 2.62. The molecule has 3 aromatic rings. The predicted molar refractivity (Wildman–Crippen MR) is 79.4 cm³/mol. The lowest BCUT2D eigenvalue weighted by Gasteiger charge is -2.14. The third-order valence-electron chi connectivity index (χ3n) is 3.42. The van der Waals surface area contributed by atoms with Crippen molar-refractivity contribution in [3.8, 4) is 0 Å². The topological polar surface area (TPSA) is 20.2 Å². The molecule has 1 atom stereocenters. The SMILES string of the molecule is OC(c1ccc2ccccc2c1)c1cc(F)c(F)cc1Cl. The molecule has 0 spiro atoms. The lowest BCUT2D eigenvalue weighted by atomic mass is 9.98. The second-order valence-electron chi connectivity index (χ2n) is 4.80. The van der Waals surface area contributed by atoms with E-state index in [2.05, 4.69) is 0 Å². The van der Waals surface area contributed by atoms with Crippen LogP contribution in [0.3, 0.4) is 0 Å². The Hall–Kier alpha value is -1.97. The van der Waals surface area contributed by atoms with Gasteiger partial charge in [-0.05, 0) is 34.5 Å². The fraction of sp³-hybridized carbons (Fsp3) is 0.0588. The van der Waals surface area contributed by atoms with Gasteiger partial charge in [0.25, 0.3) is 0 Å². The molecule has 1 N–H and O–H groups in total. The summed E-state index contributed by atoms with van der Waals surface area (Å²) < 4.78 is 26.4. The van der Waals surface area contributed by atoms with Crippen LogP contribution in [-0.2, 0) is 0 Å². The highest BCUT2D eigenvalue weighted by Gasteiger charge is 2.17. The molecule has 0 aliphatic carbocycles. The first-order chi connectivity index (χ1) is 10.1. The predicted octanol–water partition coefficient (Wildman–Crippen LogP) is 4.85. The molecule has 0 saturated carbocycles. The average Bonchev–Trinajstić information content (AvgIpc) is 2.50. The van der Waals surface area contributed by atoms with E-state index < -0.39 is 17.7 Å². The molecule has 0 amide bonds. The molecule has 0 aromatic heterocycles. The van der Waals surface area contributed by atoms with Gasteiger partial charge in [-0.1, -0.05) is 48.0 Å². The summed E-state index contributed by atoms with van der Waals surface area (Å²) >= 11 is 5.90. The fourth-order valence-corrected chi connectivity index (χ4v) is 2.56. The van der Waals surface area contributed by atoms with Gasteiger partial charge in [0.2, 0.25) is 0 Å². The Morgan fingerprint density at radius 2 is 1.52 bits per heavy atom. The van der Waals surface area contributed by atoms with Crippen molar-refractivity contribution in [2.45, 2.75) is 6.10 Å². The molecule has 0 saturated heterocycles. The van der Waals surface area contributed by atoms with Crippen LogP contribution >= 0.6 is 11.6 Å². The summed E-state index contributed by atoms with van der Waals surface area (Å²) in [4.78, 5) is 0. The molecule has 0 bridgehead atoms. The van der Waals surface area contributed by atoms with Crippen LogP contribution < -0.4 is 0 Å². The number of aliphatic hydroxyl groups excluding tert-OH is 1. The van der Waals surface area contributed by atoms with Gasteiger partial charge in [-0.2, -0.15) is 0 Å². The Bertz CT molecular complexity index is 817. The van der Waals surface area contributed by atoms with E-state index >= 15 is 0 Å². The van der Waals surface area contributed by atoms with E-state index in [0.29, 0.717) is 5.56 Å². The fourth-order valence-electron chi connectivity index (χ4n) is 2.30. The smallest absolute Gasteiger partial charge is 0.160 e. The van der Waals surface area contributed by atoms with Crippen LogP contribution in [0.15, 0.2) is 54.6 Å². The van der Waals surface area contributed by atoms with E-state index in [1.54, 1.807) is 12.1 Å². The molecule has 0 radical (unpaired) electrons. The molecular weight excluding hydrogens is 294 g/mol. The minimum absolute atomic E-state index is 0.00504. The minimum Gasteiger partial charge on any atom is -0.384 e. The molecule has 0 aliphatic rings. The summed E-state index contributed by atoms with van der Waals surface area (Å²) in [5.74, 6) is -2.07. The Morgan fingerprint density at radius 1 is 0.857 bits per heavy atom. The lowest BCUT2D eigenvalue weighted by Crippen LogP contribution is -2.02. The van der Waals surface area contributed by atoms with Gasteiger partial charge in [0.05, 0.1) is 0 Å². The molecule has 106 valence electrons. The van der Waals surface area contributed by atoms with E-state index in [9.17, 15) is 13.9 Å². The Labute approximate surface area is 125 Å². The third-order valence-corrected chi connectivity index (χ3v) is 3.75. The first kappa shape index (κ1) is 14.0. The van der Waals surface area contributed by atoms with Gasteiger partial charge in [0.1, 0.15) is 6.10 Å². The number of halogens is 3. The van der Waals surface area contributed by atoms with Crippen LogP contribution in [0.4, 0.5) is 8.78 Å². The van der Waals surface area contributed by atoms with Crippen LogP contribution in [0.25, 0.3) is 10.8 Å². The highest BCUT2D eigenvalue weighted by Crippen LogP contribution is 2.31. The molecule has 3 aromatic carbocycles. The van der Waals surface area contributed by atoms with Crippen molar-refractivity contribution >= 4 is 22.4 Å². The second kappa shape index (κ2) is 5.43. The van der Waals surface area contributed by atoms with Gasteiger partial charge in [-0.25, -0.2) is 8.78 Å². The maximum absolute atomic E-state index is 13.3. The minimum atomic E-state index is -1.11. The maximum atomic E-state index is 13.3. The molecule has 0 fully saturated rings. The van der Waals surface area contributed by atoms with Gasteiger partial charge < -0.3 is 5.11 Å².